The molecular formula is C25H32BrFO6. The highest BCUT2D eigenvalue weighted by atomic mass is 79.9. The Hall–Kier alpha value is -1.57. The van der Waals surface area contributed by atoms with Crippen LogP contribution in [0.3, 0.4) is 0 Å². The number of fused-ring (bicyclic) bond motifs is 5. The number of allylic oxidation sites excluding steroid dienone is 1. The van der Waals surface area contributed by atoms with E-state index in [-0.39, 0.29) is 29.0 Å². The molecule has 4 rings (SSSR count). The van der Waals surface area contributed by atoms with E-state index < -0.39 is 46.3 Å². The number of ether oxygens (including phenoxy) is 2. The molecule has 8 atom stereocenters. The van der Waals surface area contributed by atoms with E-state index in [2.05, 4.69) is 22.9 Å². The quantitative estimate of drug-likeness (QED) is 0.401. The number of hydrogen-bond acceptors (Lipinski definition) is 6. The molecule has 0 bridgehead atoms. The lowest BCUT2D eigenvalue weighted by atomic mass is 9.46. The van der Waals surface area contributed by atoms with Gasteiger partial charge in [0.1, 0.15) is 6.17 Å². The molecule has 0 unspecified atom stereocenters. The van der Waals surface area contributed by atoms with Crippen LogP contribution >= 0.6 is 15.9 Å². The maximum Gasteiger partial charge on any atom is 0.303 e. The molecule has 0 heterocycles. The van der Waals surface area contributed by atoms with Crippen molar-refractivity contribution in [1.82, 2.24) is 0 Å². The number of carbonyl (C=O) groups is 4. The average molecular weight is 527 g/mol. The Morgan fingerprint density at radius 2 is 1.82 bits per heavy atom. The Morgan fingerprint density at radius 1 is 1.12 bits per heavy atom. The normalized spacial score (nSPS) is 44.1. The van der Waals surface area contributed by atoms with E-state index in [1.54, 1.807) is 0 Å². The van der Waals surface area contributed by atoms with Crippen molar-refractivity contribution in [3.05, 3.63) is 11.6 Å². The summed E-state index contributed by atoms with van der Waals surface area (Å²) in [5.74, 6) is -1.48. The van der Waals surface area contributed by atoms with E-state index in [1.807, 2.05) is 6.92 Å². The van der Waals surface area contributed by atoms with Crippen molar-refractivity contribution in [3.8, 4) is 0 Å². The Morgan fingerprint density at radius 3 is 2.45 bits per heavy atom. The SMILES string of the molecule is CC(=O)OCC(=O)[C@@]1(OC(C)=O)[C@@H](Br)C[C@H]2[C@@H]3C[C@H](F)C4=CC(=O)CC[C@]4(C)[C@H]3CC[C@@]21C. The number of carbonyl (C=O) groups excluding carboxylic acids is 4. The second-order valence-electron chi connectivity index (χ2n) is 10.8. The molecule has 0 aromatic rings. The van der Waals surface area contributed by atoms with Gasteiger partial charge in [-0.1, -0.05) is 29.8 Å². The lowest BCUT2D eigenvalue weighted by Crippen LogP contribution is -2.62. The highest BCUT2D eigenvalue weighted by Crippen LogP contribution is 2.69. The minimum absolute atomic E-state index is 0.00412. The lowest BCUT2D eigenvalue weighted by molar-refractivity contribution is -0.190. The van der Waals surface area contributed by atoms with Crippen LogP contribution in [0.5, 0.6) is 0 Å². The van der Waals surface area contributed by atoms with Crippen LogP contribution in [0.25, 0.3) is 0 Å². The third-order valence-electron chi connectivity index (χ3n) is 9.20. The van der Waals surface area contributed by atoms with Gasteiger partial charge >= 0.3 is 11.9 Å². The van der Waals surface area contributed by atoms with E-state index in [0.717, 1.165) is 6.42 Å². The molecule has 6 nitrogen and oxygen atoms in total. The van der Waals surface area contributed by atoms with E-state index in [0.29, 0.717) is 37.7 Å². The predicted octanol–water partition coefficient (Wildman–Crippen LogP) is 4.27. The largest absolute Gasteiger partial charge is 0.458 e. The molecule has 0 saturated heterocycles. The van der Waals surface area contributed by atoms with Gasteiger partial charge in [0.15, 0.2) is 18.0 Å². The fourth-order valence-electron chi connectivity index (χ4n) is 7.75. The molecule has 0 radical (unpaired) electrons. The van der Waals surface area contributed by atoms with Gasteiger partial charge in [0, 0.05) is 25.7 Å². The van der Waals surface area contributed by atoms with Gasteiger partial charge in [-0.3, -0.25) is 19.2 Å². The summed E-state index contributed by atoms with van der Waals surface area (Å²) in [5.41, 5.74) is -1.97. The number of halogens is 2. The van der Waals surface area contributed by atoms with Crippen molar-refractivity contribution >= 4 is 39.4 Å². The Labute approximate surface area is 202 Å². The zero-order chi connectivity index (χ0) is 24.3. The highest BCUT2D eigenvalue weighted by Gasteiger charge is 2.72. The van der Waals surface area contributed by atoms with Crippen LogP contribution in [0, 0.1) is 28.6 Å². The van der Waals surface area contributed by atoms with Crippen molar-refractivity contribution < 1.29 is 33.0 Å². The van der Waals surface area contributed by atoms with Gasteiger partial charge < -0.3 is 9.47 Å². The second-order valence-corrected chi connectivity index (χ2v) is 11.9. The molecular weight excluding hydrogens is 495 g/mol. The molecule has 0 aromatic heterocycles. The third kappa shape index (κ3) is 3.53. The van der Waals surface area contributed by atoms with Crippen LogP contribution in [0.1, 0.15) is 66.2 Å². The summed E-state index contributed by atoms with van der Waals surface area (Å²) < 4.78 is 26.4. The van der Waals surface area contributed by atoms with E-state index in [1.165, 1.54) is 19.9 Å². The summed E-state index contributed by atoms with van der Waals surface area (Å²) in [6.07, 6.45) is 3.62. The molecule has 182 valence electrons. The topological polar surface area (TPSA) is 86.7 Å². The van der Waals surface area contributed by atoms with Crippen LogP contribution in [0.15, 0.2) is 11.6 Å². The fourth-order valence-corrected chi connectivity index (χ4v) is 9.03. The number of esters is 2. The summed E-state index contributed by atoms with van der Waals surface area (Å²) in [6.45, 7) is 6.09. The number of ketones is 2. The zero-order valence-corrected chi connectivity index (χ0v) is 21.2. The first kappa shape index (κ1) is 24.6. The number of alkyl halides is 2. The molecule has 0 aliphatic heterocycles. The highest BCUT2D eigenvalue weighted by molar-refractivity contribution is 9.09. The van der Waals surface area contributed by atoms with E-state index in [9.17, 15) is 19.2 Å². The number of hydrogen-bond donors (Lipinski definition) is 0. The summed E-state index contributed by atoms with van der Waals surface area (Å²) in [5, 5.41) is 0. The molecule has 4 aliphatic carbocycles. The molecule has 8 heteroatoms. The predicted molar refractivity (Wildman–Crippen MR) is 121 cm³/mol. The Kier molecular flexibility index (Phi) is 6.16. The zero-order valence-electron chi connectivity index (χ0n) is 19.6. The van der Waals surface area contributed by atoms with Crippen LogP contribution in [0.2, 0.25) is 0 Å². The van der Waals surface area contributed by atoms with Crippen LogP contribution in [0.4, 0.5) is 4.39 Å². The van der Waals surface area contributed by atoms with Crippen molar-refractivity contribution in [2.24, 2.45) is 28.6 Å². The average Bonchev–Trinajstić information content (AvgIpc) is 2.95. The van der Waals surface area contributed by atoms with Gasteiger partial charge in [0.25, 0.3) is 0 Å². The van der Waals surface area contributed by atoms with Gasteiger partial charge in [-0.25, -0.2) is 4.39 Å². The smallest absolute Gasteiger partial charge is 0.303 e. The molecule has 0 aromatic carbocycles. The number of rotatable bonds is 4. The maximum atomic E-state index is 15.5. The Bertz CT molecular complexity index is 932. The monoisotopic (exact) mass is 526 g/mol. The summed E-state index contributed by atoms with van der Waals surface area (Å²) in [7, 11) is 0. The van der Waals surface area contributed by atoms with Gasteiger partial charge in [-0.2, -0.15) is 0 Å². The number of Topliss-reactive ketones (excluding diaryl/α,β-unsaturated/α-hetero) is 1. The fraction of sp³-hybridized carbons (Fsp3) is 0.760. The first-order chi connectivity index (χ1) is 15.4. The van der Waals surface area contributed by atoms with Crippen molar-refractivity contribution in [2.45, 2.75) is 82.8 Å². The minimum atomic E-state index is -1.49. The van der Waals surface area contributed by atoms with Crippen molar-refractivity contribution in [2.75, 3.05) is 6.61 Å². The van der Waals surface area contributed by atoms with E-state index >= 15 is 4.39 Å². The second kappa shape index (κ2) is 8.28. The molecule has 33 heavy (non-hydrogen) atoms. The molecule has 0 N–H and O–H groups in total. The van der Waals surface area contributed by atoms with Gasteiger partial charge in [0.05, 0.1) is 4.83 Å². The summed E-state index contributed by atoms with van der Waals surface area (Å²) >= 11 is 3.66. The molecule has 3 fully saturated rings. The minimum Gasteiger partial charge on any atom is -0.458 e. The van der Waals surface area contributed by atoms with Crippen molar-refractivity contribution in [3.63, 3.8) is 0 Å². The van der Waals surface area contributed by atoms with Gasteiger partial charge in [-0.05, 0) is 66.9 Å². The standard InChI is InChI=1S/C25H32BrFO6/c1-13(28)32-12-22(31)25(33-14(2)29)21(26)11-18-16-10-20(27)19-9-15(30)5-7-23(19,3)17(16)6-8-24(18,25)4/h9,16-18,20-21H,5-8,10-12H2,1-4H3/t16-,17+,18+,20+,21+,23-,24+,25+/m1/s1. The summed E-state index contributed by atoms with van der Waals surface area (Å²) in [4.78, 5) is 48.7. The third-order valence-corrected chi connectivity index (χ3v) is 10.2. The Balaban J connectivity index is 1.74. The first-order valence-corrected chi connectivity index (χ1v) is 12.7. The van der Waals surface area contributed by atoms with Gasteiger partial charge in [-0.15, -0.1) is 0 Å². The lowest BCUT2D eigenvalue weighted by Gasteiger charge is -2.59. The van der Waals surface area contributed by atoms with Gasteiger partial charge in [0.2, 0.25) is 5.78 Å². The molecule has 3 saturated carbocycles. The van der Waals surface area contributed by atoms with Crippen LogP contribution in [-0.4, -0.2) is 46.7 Å². The molecule has 4 aliphatic rings. The summed E-state index contributed by atoms with van der Waals surface area (Å²) in [6, 6.07) is 0. The van der Waals surface area contributed by atoms with Crippen molar-refractivity contribution in [1.29, 1.82) is 0 Å². The first-order valence-electron chi connectivity index (χ1n) is 11.8. The molecule has 0 spiro atoms. The van der Waals surface area contributed by atoms with E-state index in [4.69, 9.17) is 9.47 Å². The van der Waals surface area contributed by atoms with Crippen LogP contribution in [-0.2, 0) is 28.7 Å². The molecule has 0 amide bonds. The van der Waals surface area contributed by atoms with Crippen LogP contribution < -0.4 is 0 Å². The maximum absolute atomic E-state index is 15.5.